The number of aromatic nitrogens is 2. The Hall–Kier alpha value is -1.85. The van der Waals surface area contributed by atoms with Crippen LogP contribution in [0.4, 0.5) is 13.2 Å². The first-order valence-corrected chi connectivity index (χ1v) is 4.02. The molecule has 2 aromatic rings. The van der Waals surface area contributed by atoms with Crippen molar-refractivity contribution in [3.8, 4) is 0 Å². The largest absolute Gasteiger partial charge is 0.416 e. The van der Waals surface area contributed by atoms with Gasteiger partial charge in [0.15, 0.2) is 6.29 Å². The maximum absolute atomic E-state index is 12.3. The summed E-state index contributed by atoms with van der Waals surface area (Å²) in [6.45, 7) is 0. The molecule has 0 aliphatic rings. The highest BCUT2D eigenvalue weighted by molar-refractivity contribution is 5.85. The van der Waals surface area contributed by atoms with E-state index in [2.05, 4.69) is 5.10 Å². The number of hydrogen-bond acceptors (Lipinski definition) is 2. The van der Waals surface area contributed by atoms with Gasteiger partial charge in [0.2, 0.25) is 0 Å². The van der Waals surface area contributed by atoms with Crippen molar-refractivity contribution in [3.05, 3.63) is 35.7 Å². The summed E-state index contributed by atoms with van der Waals surface area (Å²) in [7, 11) is 0. The number of pyridine rings is 1. The zero-order valence-corrected chi connectivity index (χ0v) is 7.32. The van der Waals surface area contributed by atoms with E-state index in [9.17, 15) is 18.0 Å². The zero-order valence-electron chi connectivity index (χ0n) is 7.32. The van der Waals surface area contributed by atoms with E-state index >= 15 is 0 Å². The molecule has 0 aliphatic heterocycles. The Kier molecular flexibility index (Phi) is 1.99. The molecule has 0 atom stereocenters. The third-order valence-electron chi connectivity index (χ3n) is 2.01. The van der Waals surface area contributed by atoms with E-state index in [-0.39, 0.29) is 11.1 Å². The summed E-state index contributed by atoms with van der Waals surface area (Å²) in [6.07, 6.45) is -1.54. The standard InChI is InChI=1S/C9H5F3N2O/c10-9(11,12)7-1-2-14-8(3-7)6(5-15)4-13-14/h1-5H. The first kappa shape index (κ1) is 9.70. The second kappa shape index (κ2) is 3.08. The lowest BCUT2D eigenvalue weighted by Crippen LogP contribution is -2.05. The minimum absolute atomic E-state index is 0.140. The molecule has 0 unspecified atom stereocenters. The Balaban J connectivity index is 2.68. The molecular weight excluding hydrogens is 209 g/mol. The maximum atomic E-state index is 12.3. The smallest absolute Gasteiger partial charge is 0.298 e. The number of carbonyl (C=O) groups is 1. The van der Waals surface area contributed by atoms with Gasteiger partial charge in [-0.1, -0.05) is 0 Å². The molecule has 0 bridgehead atoms. The molecule has 2 rings (SSSR count). The third kappa shape index (κ3) is 1.58. The van der Waals surface area contributed by atoms with Gasteiger partial charge in [-0.15, -0.1) is 0 Å². The molecule has 78 valence electrons. The Morgan fingerprint density at radius 2 is 2.13 bits per heavy atom. The quantitative estimate of drug-likeness (QED) is 0.682. The summed E-state index contributed by atoms with van der Waals surface area (Å²) < 4.78 is 38.2. The molecule has 0 amide bonds. The van der Waals surface area contributed by atoms with E-state index in [1.807, 2.05) is 0 Å². The molecule has 2 aromatic heterocycles. The van der Waals surface area contributed by atoms with Crippen LogP contribution < -0.4 is 0 Å². The predicted octanol–water partition coefficient (Wildman–Crippen LogP) is 2.17. The fourth-order valence-corrected chi connectivity index (χ4v) is 1.27. The topological polar surface area (TPSA) is 34.4 Å². The van der Waals surface area contributed by atoms with Crippen molar-refractivity contribution >= 4 is 11.8 Å². The maximum Gasteiger partial charge on any atom is 0.416 e. The van der Waals surface area contributed by atoms with Crippen LogP contribution in [0.3, 0.4) is 0 Å². The molecule has 6 heteroatoms. The summed E-state index contributed by atoms with van der Waals surface area (Å²) in [4.78, 5) is 10.5. The molecule has 0 aromatic carbocycles. The van der Waals surface area contributed by atoms with Crippen molar-refractivity contribution in [1.29, 1.82) is 0 Å². The Bertz CT molecular complexity index is 516. The van der Waals surface area contributed by atoms with Gasteiger partial charge >= 0.3 is 6.18 Å². The molecule has 2 heterocycles. The summed E-state index contributed by atoms with van der Waals surface area (Å²) in [5, 5.41) is 3.73. The molecule has 0 saturated heterocycles. The van der Waals surface area contributed by atoms with Crippen LogP contribution >= 0.6 is 0 Å². The van der Waals surface area contributed by atoms with Gasteiger partial charge in [0, 0.05) is 6.20 Å². The number of aldehydes is 1. The normalized spacial score (nSPS) is 11.9. The first-order chi connectivity index (χ1) is 7.02. The van der Waals surface area contributed by atoms with Crippen LogP contribution in [0, 0.1) is 0 Å². The second-order valence-corrected chi connectivity index (χ2v) is 2.96. The van der Waals surface area contributed by atoms with Crippen molar-refractivity contribution in [2.45, 2.75) is 6.18 Å². The average Bonchev–Trinajstić information content (AvgIpc) is 2.57. The number of nitrogens with zero attached hydrogens (tertiary/aromatic N) is 2. The van der Waals surface area contributed by atoms with Crippen LogP contribution in [0.2, 0.25) is 0 Å². The third-order valence-corrected chi connectivity index (χ3v) is 2.01. The van der Waals surface area contributed by atoms with Gasteiger partial charge in [-0.3, -0.25) is 4.79 Å². The van der Waals surface area contributed by atoms with Gasteiger partial charge in [-0.2, -0.15) is 18.3 Å². The summed E-state index contributed by atoms with van der Waals surface area (Å²) >= 11 is 0. The molecule has 15 heavy (non-hydrogen) atoms. The Morgan fingerprint density at radius 3 is 2.73 bits per heavy atom. The van der Waals surface area contributed by atoms with Crippen LogP contribution in [-0.2, 0) is 6.18 Å². The van der Waals surface area contributed by atoms with Crippen molar-refractivity contribution in [3.63, 3.8) is 0 Å². The number of hydrogen-bond donors (Lipinski definition) is 0. The molecule has 0 spiro atoms. The van der Waals surface area contributed by atoms with E-state index < -0.39 is 11.7 Å². The highest BCUT2D eigenvalue weighted by Crippen LogP contribution is 2.30. The van der Waals surface area contributed by atoms with Crippen molar-refractivity contribution in [2.75, 3.05) is 0 Å². The van der Waals surface area contributed by atoms with Crippen LogP contribution in [0.5, 0.6) is 0 Å². The Morgan fingerprint density at radius 1 is 1.40 bits per heavy atom. The van der Waals surface area contributed by atoms with Crippen molar-refractivity contribution in [2.24, 2.45) is 0 Å². The second-order valence-electron chi connectivity index (χ2n) is 2.96. The average molecular weight is 214 g/mol. The van der Waals surface area contributed by atoms with E-state index in [0.717, 1.165) is 12.1 Å². The van der Waals surface area contributed by atoms with Gasteiger partial charge in [-0.25, -0.2) is 4.52 Å². The van der Waals surface area contributed by atoms with Crippen molar-refractivity contribution in [1.82, 2.24) is 9.61 Å². The van der Waals surface area contributed by atoms with Crippen LogP contribution in [-0.4, -0.2) is 15.9 Å². The van der Waals surface area contributed by atoms with Crippen molar-refractivity contribution < 1.29 is 18.0 Å². The summed E-state index contributed by atoms with van der Waals surface area (Å²) in [5.41, 5.74) is -0.500. The SMILES string of the molecule is O=Cc1cnn2ccc(C(F)(F)F)cc12. The summed E-state index contributed by atoms with van der Waals surface area (Å²) in [5.74, 6) is 0. The monoisotopic (exact) mass is 214 g/mol. The lowest BCUT2D eigenvalue weighted by molar-refractivity contribution is -0.137. The number of halogens is 3. The molecular formula is C9H5F3N2O. The predicted molar refractivity (Wildman–Crippen MR) is 45.6 cm³/mol. The molecule has 0 radical (unpaired) electrons. The number of carbonyl (C=O) groups excluding carboxylic acids is 1. The van der Waals surface area contributed by atoms with Gasteiger partial charge < -0.3 is 0 Å². The highest BCUT2D eigenvalue weighted by Gasteiger charge is 2.30. The van der Waals surface area contributed by atoms with E-state index in [1.54, 1.807) is 0 Å². The van der Waals surface area contributed by atoms with Gasteiger partial charge in [0.05, 0.1) is 22.8 Å². The van der Waals surface area contributed by atoms with Gasteiger partial charge in [0.25, 0.3) is 0 Å². The van der Waals surface area contributed by atoms with Gasteiger partial charge in [0.1, 0.15) is 0 Å². The number of fused-ring (bicyclic) bond motifs is 1. The fraction of sp³-hybridized carbons (Fsp3) is 0.111. The zero-order chi connectivity index (χ0) is 11.1. The minimum Gasteiger partial charge on any atom is -0.298 e. The van der Waals surface area contributed by atoms with Crippen LogP contribution in [0.25, 0.3) is 5.52 Å². The highest BCUT2D eigenvalue weighted by atomic mass is 19.4. The molecule has 0 N–H and O–H groups in total. The Labute approximate surface area is 82.1 Å². The number of alkyl halides is 3. The molecule has 0 fully saturated rings. The van der Waals surface area contributed by atoms with E-state index in [0.29, 0.717) is 6.29 Å². The summed E-state index contributed by atoms with van der Waals surface area (Å²) in [6, 6.07) is 1.81. The first-order valence-electron chi connectivity index (χ1n) is 4.02. The molecule has 0 saturated carbocycles. The van der Waals surface area contributed by atoms with E-state index in [1.165, 1.54) is 16.9 Å². The number of rotatable bonds is 1. The lowest BCUT2D eigenvalue weighted by Gasteiger charge is -2.06. The minimum atomic E-state index is -4.41. The lowest BCUT2D eigenvalue weighted by atomic mass is 10.2. The van der Waals surface area contributed by atoms with Gasteiger partial charge in [-0.05, 0) is 12.1 Å². The fourth-order valence-electron chi connectivity index (χ4n) is 1.27. The molecule has 0 aliphatic carbocycles. The van der Waals surface area contributed by atoms with E-state index in [4.69, 9.17) is 0 Å². The van der Waals surface area contributed by atoms with Crippen LogP contribution in [0.1, 0.15) is 15.9 Å². The molecule has 3 nitrogen and oxygen atoms in total. The van der Waals surface area contributed by atoms with Crippen LogP contribution in [0.15, 0.2) is 24.5 Å².